The molecule has 1 aromatic rings. The molecule has 1 aromatic carbocycles. The van der Waals surface area contributed by atoms with Crippen LogP contribution >= 0.6 is 15.9 Å². The van der Waals surface area contributed by atoms with E-state index in [0.717, 1.165) is 44.6 Å². The lowest BCUT2D eigenvalue weighted by Gasteiger charge is -2.18. The molecule has 0 heterocycles. The van der Waals surface area contributed by atoms with Crippen LogP contribution in [0.25, 0.3) is 0 Å². The lowest BCUT2D eigenvalue weighted by Crippen LogP contribution is -2.35. The number of carbonyl (C=O) groups excluding carboxylic acids is 1. The van der Waals surface area contributed by atoms with Gasteiger partial charge in [-0.1, -0.05) is 41.6 Å². The van der Waals surface area contributed by atoms with Gasteiger partial charge in [0, 0.05) is 10.5 Å². The Morgan fingerprint density at radius 3 is 2.33 bits per heavy atom. The Balaban J connectivity index is 2.18. The van der Waals surface area contributed by atoms with Crippen molar-refractivity contribution in [3.63, 3.8) is 0 Å². The van der Waals surface area contributed by atoms with Gasteiger partial charge < -0.3 is 5.32 Å². The molecule has 1 fully saturated rings. The van der Waals surface area contributed by atoms with E-state index in [1.54, 1.807) is 0 Å². The fourth-order valence-electron chi connectivity index (χ4n) is 2.64. The smallest absolute Gasteiger partial charge is 0.349 e. The first-order chi connectivity index (χ1) is 9.88. The molecule has 1 aliphatic carbocycles. The minimum absolute atomic E-state index is 0.0234. The molecule has 1 saturated carbocycles. The van der Waals surface area contributed by atoms with Crippen LogP contribution in [0.15, 0.2) is 22.7 Å². The normalized spacial score (nSPS) is 17.3. The van der Waals surface area contributed by atoms with Gasteiger partial charge in [-0.05, 0) is 31.0 Å². The molecule has 0 aliphatic heterocycles. The maximum absolute atomic E-state index is 13.0. The van der Waals surface area contributed by atoms with Gasteiger partial charge in [0.25, 0.3) is 5.91 Å². The van der Waals surface area contributed by atoms with Crippen molar-refractivity contribution < 1.29 is 18.0 Å². The highest BCUT2D eigenvalue weighted by Gasteiger charge is 2.35. The van der Waals surface area contributed by atoms with Crippen LogP contribution in [-0.4, -0.2) is 11.9 Å². The molecule has 0 atom stereocenters. The van der Waals surface area contributed by atoms with Crippen molar-refractivity contribution in [1.82, 2.24) is 5.32 Å². The monoisotopic (exact) mass is 363 g/mol. The second-order valence-electron chi connectivity index (χ2n) is 5.35. The molecular formula is C15H17BrF3NO. The predicted octanol–water partition coefficient (Wildman–Crippen LogP) is 4.92. The van der Waals surface area contributed by atoms with Crippen LogP contribution in [0.5, 0.6) is 0 Å². The van der Waals surface area contributed by atoms with Gasteiger partial charge in [-0.25, -0.2) is 0 Å². The summed E-state index contributed by atoms with van der Waals surface area (Å²) in [6.07, 6.45) is 1.40. The van der Waals surface area contributed by atoms with Crippen molar-refractivity contribution in [2.75, 3.05) is 0 Å². The SMILES string of the molecule is O=C(NC1CCCCCC1)c1ccc(Br)cc1C(F)(F)F. The second-order valence-corrected chi connectivity index (χ2v) is 6.27. The van der Waals surface area contributed by atoms with Gasteiger partial charge in [0.05, 0.1) is 11.1 Å². The van der Waals surface area contributed by atoms with E-state index in [1.807, 2.05) is 0 Å². The van der Waals surface area contributed by atoms with E-state index in [1.165, 1.54) is 12.1 Å². The summed E-state index contributed by atoms with van der Waals surface area (Å²) >= 11 is 3.02. The van der Waals surface area contributed by atoms with Crippen LogP contribution < -0.4 is 5.32 Å². The number of hydrogen-bond acceptors (Lipinski definition) is 1. The predicted molar refractivity (Wildman–Crippen MR) is 78.1 cm³/mol. The highest BCUT2D eigenvalue weighted by Crippen LogP contribution is 2.34. The van der Waals surface area contributed by atoms with Crippen molar-refractivity contribution >= 4 is 21.8 Å². The molecule has 1 aliphatic rings. The van der Waals surface area contributed by atoms with Crippen molar-refractivity contribution in [2.24, 2.45) is 0 Å². The summed E-state index contributed by atoms with van der Waals surface area (Å²) in [4.78, 5) is 12.2. The molecule has 2 rings (SSSR count). The van der Waals surface area contributed by atoms with Gasteiger partial charge in [-0.2, -0.15) is 13.2 Å². The van der Waals surface area contributed by atoms with E-state index in [2.05, 4.69) is 21.2 Å². The zero-order valence-corrected chi connectivity index (χ0v) is 13.1. The summed E-state index contributed by atoms with van der Waals surface area (Å²) in [7, 11) is 0. The summed E-state index contributed by atoms with van der Waals surface area (Å²) < 4.78 is 39.4. The lowest BCUT2D eigenvalue weighted by molar-refractivity contribution is -0.138. The van der Waals surface area contributed by atoms with Crippen molar-refractivity contribution in [2.45, 2.75) is 50.7 Å². The number of halogens is 4. The van der Waals surface area contributed by atoms with Crippen LogP contribution in [0.1, 0.15) is 54.4 Å². The van der Waals surface area contributed by atoms with Gasteiger partial charge in [-0.3, -0.25) is 4.79 Å². The van der Waals surface area contributed by atoms with E-state index < -0.39 is 17.6 Å². The van der Waals surface area contributed by atoms with Crippen LogP contribution in [0.2, 0.25) is 0 Å². The minimum atomic E-state index is -4.54. The average Bonchev–Trinajstić information content (AvgIpc) is 2.66. The van der Waals surface area contributed by atoms with E-state index >= 15 is 0 Å². The van der Waals surface area contributed by atoms with Gasteiger partial charge >= 0.3 is 6.18 Å². The Bertz CT molecular complexity index is 508. The third-order valence-electron chi connectivity index (χ3n) is 3.72. The number of carbonyl (C=O) groups is 1. The highest BCUT2D eigenvalue weighted by molar-refractivity contribution is 9.10. The number of rotatable bonds is 2. The number of benzene rings is 1. The van der Waals surface area contributed by atoms with Crippen molar-refractivity contribution in [3.8, 4) is 0 Å². The fourth-order valence-corrected chi connectivity index (χ4v) is 3.00. The quantitative estimate of drug-likeness (QED) is 0.742. The molecule has 6 heteroatoms. The average molecular weight is 364 g/mol. The Labute approximate surface area is 130 Å². The first-order valence-corrected chi connectivity index (χ1v) is 7.85. The number of nitrogens with one attached hydrogen (secondary N) is 1. The summed E-state index contributed by atoms with van der Waals surface area (Å²) in [6, 6.07) is 3.60. The molecule has 0 spiro atoms. The Morgan fingerprint density at radius 2 is 1.76 bits per heavy atom. The zero-order valence-electron chi connectivity index (χ0n) is 11.5. The third-order valence-corrected chi connectivity index (χ3v) is 4.22. The molecule has 1 N–H and O–H groups in total. The maximum Gasteiger partial charge on any atom is 0.417 e. The van der Waals surface area contributed by atoms with Gasteiger partial charge in [-0.15, -0.1) is 0 Å². The van der Waals surface area contributed by atoms with E-state index in [0.29, 0.717) is 4.47 Å². The van der Waals surface area contributed by atoms with Crippen LogP contribution in [-0.2, 0) is 6.18 Å². The Kier molecular flexibility index (Phi) is 5.30. The summed E-state index contributed by atoms with van der Waals surface area (Å²) in [5.41, 5.74) is -1.21. The molecule has 21 heavy (non-hydrogen) atoms. The molecular weight excluding hydrogens is 347 g/mol. The number of hydrogen-bond donors (Lipinski definition) is 1. The maximum atomic E-state index is 13.0. The standard InChI is InChI=1S/C15H17BrF3NO/c16-10-7-8-12(13(9-10)15(17,18)19)14(21)20-11-5-3-1-2-4-6-11/h7-9,11H,1-6H2,(H,20,21). The molecule has 0 aromatic heterocycles. The largest absolute Gasteiger partial charge is 0.417 e. The van der Waals surface area contributed by atoms with E-state index in [9.17, 15) is 18.0 Å². The van der Waals surface area contributed by atoms with E-state index in [4.69, 9.17) is 0 Å². The Hall–Kier alpha value is -1.04. The Morgan fingerprint density at radius 1 is 1.14 bits per heavy atom. The summed E-state index contributed by atoms with van der Waals surface area (Å²) in [5.74, 6) is -0.637. The molecule has 0 bridgehead atoms. The molecule has 0 saturated heterocycles. The van der Waals surface area contributed by atoms with Crippen molar-refractivity contribution in [1.29, 1.82) is 0 Å². The summed E-state index contributed by atoms with van der Waals surface area (Å²) in [6.45, 7) is 0. The van der Waals surface area contributed by atoms with Gasteiger partial charge in [0.2, 0.25) is 0 Å². The minimum Gasteiger partial charge on any atom is -0.349 e. The van der Waals surface area contributed by atoms with Crippen LogP contribution in [0.4, 0.5) is 13.2 Å². The highest BCUT2D eigenvalue weighted by atomic mass is 79.9. The van der Waals surface area contributed by atoms with Gasteiger partial charge in [0.15, 0.2) is 0 Å². The number of amides is 1. The lowest BCUT2D eigenvalue weighted by atomic mass is 10.0. The molecule has 2 nitrogen and oxygen atoms in total. The zero-order chi connectivity index (χ0) is 15.5. The third kappa shape index (κ3) is 4.46. The number of alkyl halides is 3. The topological polar surface area (TPSA) is 29.1 Å². The van der Waals surface area contributed by atoms with Crippen LogP contribution in [0, 0.1) is 0 Å². The van der Waals surface area contributed by atoms with E-state index in [-0.39, 0.29) is 11.6 Å². The van der Waals surface area contributed by atoms with Gasteiger partial charge in [0.1, 0.15) is 0 Å². The first-order valence-electron chi connectivity index (χ1n) is 7.05. The van der Waals surface area contributed by atoms with Crippen LogP contribution in [0.3, 0.4) is 0 Å². The first kappa shape index (κ1) is 16.3. The summed E-state index contributed by atoms with van der Waals surface area (Å²) in [5, 5.41) is 2.75. The molecule has 1 amide bonds. The second kappa shape index (κ2) is 6.81. The fraction of sp³-hybridized carbons (Fsp3) is 0.533. The molecule has 0 unspecified atom stereocenters. The molecule has 0 radical (unpaired) electrons. The van der Waals surface area contributed by atoms with Crippen molar-refractivity contribution in [3.05, 3.63) is 33.8 Å². The molecule has 116 valence electrons.